The van der Waals surface area contributed by atoms with E-state index in [1.54, 1.807) is 19.1 Å². The lowest BCUT2D eigenvalue weighted by molar-refractivity contribution is -0.116. The molecule has 0 unspecified atom stereocenters. The standard InChI is InChI=1S/C24H22BrFN2O4/c1-12-20(24(31)28-15-8-6-14(26)7-9-15)21(22-17(27-12)4-3-5-18(22)29)13-10-16(25)23(30)19(11-13)32-2/h6-11,21,27,30H,3-5H2,1-2H3,(H,28,31)/t21-/m0/s1. The summed E-state index contributed by atoms with van der Waals surface area (Å²) in [6.07, 6.45) is 1.85. The number of methoxy groups -OCH3 is 1. The van der Waals surface area contributed by atoms with E-state index < -0.39 is 17.6 Å². The van der Waals surface area contributed by atoms with Gasteiger partial charge in [0, 0.05) is 40.6 Å². The molecule has 0 fully saturated rings. The predicted octanol–water partition coefficient (Wildman–Crippen LogP) is 4.91. The van der Waals surface area contributed by atoms with Gasteiger partial charge in [0.2, 0.25) is 0 Å². The summed E-state index contributed by atoms with van der Waals surface area (Å²) >= 11 is 3.34. The van der Waals surface area contributed by atoms with Gasteiger partial charge >= 0.3 is 0 Å². The number of allylic oxidation sites excluding steroid dienone is 3. The lowest BCUT2D eigenvalue weighted by atomic mass is 9.75. The van der Waals surface area contributed by atoms with Crippen LogP contribution in [0.25, 0.3) is 0 Å². The first kappa shape index (κ1) is 22.1. The summed E-state index contributed by atoms with van der Waals surface area (Å²) in [5.41, 5.74) is 3.44. The molecule has 1 amide bonds. The monoisotopic (exact) mass is 500 g/mol. The van der Waals surface area contributed by atoms with Crippen molar-refractivity contribution in [2.45, 2.75) is 32.1 Å². The third-order valence-electron chi connectivity index (χ3n) is 5.73. The zero-order valence-corrected chi connectivity index (χ0v) is 19.2. The third-order valence-corrected chi connectivity index (χ3v) is 6.33. The highest BCUT2D eigenvalue weighted by molar-refractivity contribution is 9.10. The van der Waals surface area contributed by atoms with Gasteiger partial charge in [-0.3, -0.25) is 9.59 Å². The van der Waals surface area contributed by atoms with E-state index >= 15 is 0 Å². The molecule has 0 bridgehead atoms. The van der Waals surface area contributed by atoms with Crippen LogP contribution in [0.1, 0.15) is 37.7 Å². The van der Waals surface area contributed by atoms with Crippen molar-refractivity contribution in [3.8, 4) is 11.5 Å². The number of dihydropyridines is 1. The van der Waals surface area contributed by atoms with E-state index in [0.717, 1.165) is 12.1 Å². The van der Waals surface area contributed by atoms with Gasteiger partial charge in [-0.2, -0.15) is 0 Å². The van der Waals surface area contributed by atoms with Gasteiger partial charge < -0.3 is 20.5 Å². The van der Waals surface area contributed by atoms with Gasteiger partial charge in [-0.25, -0.2) is 4.39 Å². The number of phenolic OH excluding ortho intramolecular Hbond substituents is 1. The molecule has 4 rings (SSSR count). The Morgan fingerprint density at radius 3 is 2.66 bits per heavy atom. The van der Waals surface area contributed by atoms with Crippen molar-refractivity contribution in [2.24, 2.45) is 0 Å². The van der Waals surface area contributed by atoms with Crippen molar-refractivity contribution >= 4 is 33.3 Å². The zero-order chi connectivity index (χ0) is 23.0. The molecule has 0 aromatic heterocycles. The number of carbonyl (C=O) groups excluding carboxylic acids is 2. The fourth-order valence-electron chi connectivity index (χ4n) is 4.27. The van der Waals surface area contributed by atoms with Crippen molar-refractivity contribution in [1.82, 2.24) is 5.32 Å². The maximum Gasteiger partial charge on any atom is 0.254 e. The SMILES string of the molecule is COc1cc([C@H]2C(C(=O)Nc3ccc(F)cc3)=C(C)NC3=C2C(=O)CCC3)cc(Br)c1O. The van der Waals surface area contributed by atoms with E-state index in [-0.39, 0.29) is 17.3 Å². The van der Waals surface area contributed by atoms with Crippen LogP contribution in [0, 0.1) is 5.82 Å². The molecule has 32 heavy (non-hydrogen) atoms. The predicted molar refractivity (Wildman–Crippen MR) is 122 cm³/mol. The van der Waals surface area contributed by atoms with Crippen LogP contribution in [0.2, 0.25) is 0 Å². The van der Waals surface area contributed by atoms with Crippen molar-refractivity contribution in [3.05, 3.63) is 74.8 Å². The molecule has 0 saturated heterocycles. The van der Waals surface area contributed by atoms with Gasteiger partial charge in [0.05, 0.1) is 11.6 Å². The fraction of sp³-hybridized carbons (Fsp3) is 0.250. The van der Waals surface area contributed by atoms with Crippen LogP contribution in [0.3, 0.4) is 0 Å². The van der Waals surface area contributed by atoms with E-state index in [2.05, 4.69) is 26.6 Å². The van der Waals surface area contributed by atoms with Gasteiger partial charge in [-0.15, -0.1) is 0 Å². The summed E-state index contributed by atoms with van der Waals surface area (Å²) in [5, 5.41) is 16.3. The molecule has 3 N–H and O–H groups in total. The van der Waals surface area contributed by atoms with Gasteiger partial charge in [0.15, 0.2) is 17.3 Å². The van der Waals surface area contributed by atoms with Crippen LogP contribution in [0.5, 0.6) is 11.5 Å². The Bertz CT molecular complexity index is 1170. The minimum atomic E-state index is -0.648. The smallest absolute Gasteiger partial charge is 0.254 e. The lowest BCUT2D eigenvalue weighted by Gasteiger charge is -2.34. The van der Waals surface area contributed by atoms with Gasteiger partial charge in [0.25, 0.3) is 5.91 Å². The first-order valence-corrected chi connectivity index (χ1v) is 11.0. The molecule has 8 heteroatoms. The number of halogens is 2. The normalized spacial score (nSPS) is 18.2. The van der Waals surface area contributed by atoms with Crippen LogP contribution in [0.15, 0.2) is 63.4 Å². The number of hydrogen-bond donors (Lipinski definition) is 3. The number of phenols is 1. The number of benzene rings is 2. The van der Waals surface area contributed by atoms with Crippen molar-refractivity contribution in [3.63, 3.8) is 0 Å². The average Bonchev–Trinajstić information content (AvgIpc) is 2.76. The Morgan fingerprint density at radius 2 is 1.97 bits per heavy atom. The summed E-state index contributed by atoms with van der Waals surface area (Å²) < 4.78 is 19.0. The third kappa shape index (κ3) is 4.02. The van der Waals surface area contributed by atoms with Gasteiger partial charge in [-0.1, -0.05) is 0 Å². The van der Waals surface area contributed by atoms with E-state index in [0.29, 0.717) is 45.4 Å². The number of amides is 1. The summed E-state index contributed by atoms with van der Waals surface area (Å²) in [6, 6.07) is 8.82. The fourth-order valence-corrected chi connectivity index (χ4v) is 4.73. The first-order valence-electron chi connectivity index (χ1n) is 10.2. The molecule has 0 radical (unpaired) electrons. The van der Waals surface area contributed by atoms with E-state index in [4.69, 9.17) is 4.74 Å². The van der Waals surface area contributed by atoms with Gasteiger partial charge in [0.1, 0.15) is 5.82 Å². The maximum absolute atomic E-state index is 13.4. The Morgan fingerprint density at radius 1 is 1.25 bits per heavy atom. The van der Waals surface area contributed by atoms with Crippen LogP contribution in [0.4, 0.5) is 10.1 Å². The number of anilines is 1. The highest BCUT2D eigenvalue weighted by Gasteiger charge is 2.39. The molecule has 0 saturated carbocycles. The number of nitrogens with one attached hydrogen (secondary N) is 2. The summed E-state index contributed by atoms with van der Waals surface area (Å²) in [5.74, 6) is -1.31. The molecule has 2 aromatic rings. The zero-order valence-electron chi connectivity index (χ0n) is 17.6. The Balaban J connectivity index is 1.84. The lowest BCUT2D eigenvalue weighted by Crippen LogP contribution is -2.35. The molecule has 0 spiro atoms. The molecule has 6 nitrogen and oxygen atoms in total. The molecule has 2 aromatic carbocycles. The summed E-state index contributed by atoms with van der Waals surface area (Å²) in [6.45, 7) is 1.79. The van der Waals surface area contributed by atoms with E-state index in [1.807, 2.05) is 0 Å². The van der Waals surface area contributed by atoms with Crippen LogP contribution < -0.4 is 15.4 Å². The number of rotatable bonds is 4. The average molecular weight is 501 g/mol. The minimum absolute atomic E-state index is 0.0218. The molecule has 2 aliphatic rings. The summed E-state index contributed by atoms with van der Waals surface area (Å²) in [7, 11) is 1.44. The number of ketones is 1. The second kappa shape index (κ2) is 8.78. The van der Waals surface area contributed by atoms with E-state index in [1.165, 1.54) is 31.4 Å². The molecular weight excluding hydrogens is 479 g/mol. The van der Waals surface area contributed by atoms with Crippen molar-refractivity contribution < 1.29 is 23.8 Å². The Kier molecular flexibility index (Phi) is 6.06. The highest BCUT2D eigenvalue weighted by atomic mass is 79.9. The van der Waals surface area contributed by atoms with Crippen LogP contribution in [-0.4, -0.2) is 23.9 Å². The first-order chi connectivity index (χ1) is 15.3. The number of hydrogen-bond acceptors (Lipinski definition) is 5. The summed E-state index contributed by atoms with van der Waals surface area (Å²) in [4.78, 5) is 26.4. The number of Topliss-reactive ketones (excluding diaryl/α,β-unsaturated/α-hetero) is 1. The maximum atomic E-state index is 13.4. The highest BCUT2D eigenvalue weighted by Crippen LogP contribution is 2.46. The number of ether oxygens (including phenoxy) is 1. The van der Waals surface area contributed by atoms with Gasteiger partial charge in [-0.05, 0) is 77.7 Å². The molecule has 166 valence electrons. The quantitative estimate of drug-likeness (QED) is 0.555. The van der Waals surface area contributed by atoms with E-state index in [9.17, 15) is 19.1 Å². The van der Waals surface area contributed by atoms with Crippen LogP contribution >= 0.6 is 15.9 Å². The van der Waals surface area contributed by atoms with Crippen molar-refractivity contribution in [1.29, 1.82) is 0 Å². The van der Waals surface area contributed by atoms with Crippen molar-refractivity contribution in [2.75, 3.05) is 12.4 Å². The molecule has 1 atom stereocenters. The molecule has 1 aliphatic heterocycles. The van der Waals surface area contributed by atoms with Crippen LogP contribution in [-0.2, 0) is 9.59 Å². The largest absolute Gasteiger partial charge is 0.503 e. The number of aromatic hydroxyl groups is 1. The minimum Gasteiger partial charge on any atom is -0.503 e. The molecule has 1 aliphatic carbocycles. The number of carbonyl (C=O) groups is 2. The second-order valence-electron chi connectivity index (χ2n) is 7.78. The Hall–Kier alpha value is -3.13. The topological polar surface area (TPSA) is 87.7 Å². The second-order valence-corrected chi connectivity index (χ2v) is 8.63. The molecular formula is C24H22BrFN2O4. The Labute approximate surface area is 193 Å². The molecule has 1 heterocycles.